The van der Waals surface area contributed by atoms with Crippen LogP contribution in [0, 0.1) is 0 Å². The molecule has 0 saturated carbocycles. The van der Waals surface area contributed by atoms with Crippen molar-refractivity contribution in [2.75, 3.05) is 0 Å². The van der Waals surface area contributed by atoms with Crippen molar-refractivity contribution in [1.29, 1.82) is 0 Å². The van der Waals surface area contributed by atoms with E-state index in [9.17, 15) is 17.3 Å². The monoisotopic (exact) mass is 518 g/mol. The highest BCUT2D eigenvalue weighted by Gasteiger charge is 2.40. The van der Waals surface area contributed by atoms with Gasteiger partial charge in [-0.2, -0.15) is 0 Å². The van der Waals surface area contributed by atoms with Crippen molar-refractivity contribution in [3.8, 4) is 0 Å². The van der Waals surface area contributed by atoms with Crippen LogP contribution in [0.15, 0.2) is 87.5 Å². The average molecular weight is 519 g/mol. The highest BCUT2D eigenvalue weighted by molar-refractivity contribution is 7.97. The van der Waals surface area contributed by atoms with Crippen LogP contribution in [0.2, 0.25) is 0 Å². The minimum Gasteiger partial charge on any atom is -0.418 e. The lowest BCUT2D eigenvalue weighted by Crippen LogP contribution is -2.23. The Bertz CT molecular complexity index is 1010. The normalized spacial score (nSPS) is 12.8. The molecular formula is C30H39BF4S. The fourth-order valence-electron chi connectivity index (χ4n) is 4.15. The van der Waals surface area contributed by atoms with Gasteiger partial charge in [0.15, 0.2) is 14.7 Å². The number of hydrogen-bond acceptors (Lipinski definition) is 0. The Balaban J connectivity index is 0.000000830. The van der Waals surface area contributed by atoms with Gasteiger partial charge in [0.05, 0.1) is 0 Å². The number of hydrogen-bond donors (Lipinski definition) is 0. The lowest BCUT2D eigenvalue weighted by molar-refractivity contribution is 0.368. The molecule has 0 N–H and O–H groups in total. The molecule has 3 aromatic rings. The second kappa shape index (κ2) is 11.0. The van der Waals surface area contributed by atoms with Crippen molar-refractivity contribution in [3.05, 3.63) is 89.5 Å². The molecule has 0 aliphatic heterocycles. The van der Waals surface area contributed by atoms with Gasteiger partial charge in [-0.25, -0.2) is 0 Å². The molecule has 0 aliphatic carbocycles. The maximum absolute atomic E-state index is 9.75. The summed E-state index contributed by atoms with van der Waals surface area (Å²) in [5, 5.41) is 0. The highest BCUT2D eigenvalue weighted by Crippen LogP contribution is 2.44. The van der Waals surface area contributed by atoms with Crippen LogP contribution < -0.4 is 0 Å². The summed E-state index contributed by atoms with van der Waals surface area (Å²) in [6, 6.07) is 27.3. The fraction of sp³-hybridized carbons (Fsp3) is 0.400. The maximum Gasteiger partial charge on any atom is 0.673 e. The molecule has 0 fully saturated rings. The summed E-state index contributed by atoms with van der Waals surface area (Å²) in [6.07, 6.45) is 0. The molecule has 0 nitrogen and oxygen atoms in total. The van der Waals surface area contributed by atoms with Gasteiger partial charge in [-0.1, -0.05) is 117 Å². The van der Waals surface area contributed by atoms with Gasteiger partial charge < -0.3 is 17.3 Å². The lowest BCUT2D eigenvalue weighted by Gasteiger charge is -2.28. The number of benzene rings is 3. The average Bonchev–Trinajstić information content (AvgIpc) is 2.72. The van der Waals surface area contributed by atoms with Gasteiger partial charge in [0.1, 0.15) is 10.9 Å². The van der Waals surface area contributed by atoms with Crippen LogP contribution in [0.1, 0.15) is 79.0 Å². The lowest BCUT2D eigenvalue weighted by atomic mass is 9.87. The Hall–Kier alpha value is -2.21. The largest absolute Gasteiger partial charge is 0.673 e. The Morgan fingerprint density at radius 2 is 0.639 bits per heavy atom. The molecule has 0 unspecified atom stereocenters. The van der Waals surface area contributed by atoms with Crippen LogP contribution in [0.5, 0.6) is 0 Å². The standard InChI is InChI=1S/C30H39S.BF4/c1-28(2,3)22-16-10-13-19-25(22)31(26-20-14-11-17-23(26)29(4,5)6)27-21-15-12-18-24(27)30(7,8)9;2-1(3,4)5/h10-21H,1-9H3;/q+1;-1. The molecule has 3 aromatic carbocycles. The first-order valence-electron chi connectivity index (χ1n) is 12.2. The van der Waals surface area contributed by atoms with E-state index < -0.39 is 7.25 Å². The maximum atomic E-state index is 9.75. The Labute approximate surface area is 218 Å². The van der Waals surface area contributed by atoms with Crippen LogP contribution >= 0.6 is 0 Å². The van der Waals surface area contributed by atoms with Crippen LogP contribution in [0.4, 0.5) is 17.3 Å². The predicted molar refractivity (Wildman–Crippen MR) is 148 cm³/mol. The van der Waals surface area contributed by atoms with Gasteiger partial charge >= 0.3 is 7.25 Å². The van der Waals surface area contributed by atoms with Gasteiger partial charge in [-0.05, 0) is 34.4 Å². The topological polar surface area (TPSA) is 0 Å². The predicted octanol–water partition coefficient (Wildman–Crippen LogP) is 9.97. The van der Waals surface area contributed by atoms with E-state index in [1.165, 1.54) is 31.4 Å². The van der Waals surface area contributed by atoms with E-state index >= 15 is 0 Å². The third-order valence-corrected chi connectivity index (χ3v) is 8.13. The van der Waals surface area contributed by atoms with Crippen LogP contribution in [-0.4, -0.2) is 7.25 Å². The number of halogens is 4. The van der Waals surface area contributed by atoms with Crippen LogP contribution in [-0.2, 0) is 27.1 Å². The molecule has 0 radical (unpaired) electrons. The summed E-state index contributed by atoms with van der Waals surface area (Å²) in [7, 11) is -6.19. The number of rotatable bonds is 3. The summed E-state index contributed by atoms with van der Waals surface area (Å²) >= 11 is 0. The summed E-state index contributed by atoms with van der Waals surface area (Å²) < 4.78 is 39.0. The third-order valence-electron chi connectivity index (χ3n) is 5.74. The quantitative estimate of drug-likeness (QED) is 0.184. The molecule has 0 aromatic heterocycles. The second-order valence-corrected chi connectivity index (χ2v) is 14.0. The SMILES string of the molecule is CC(C)(C)c1ccccc1[S+](c1ccccc1C(C)(C)C)c1ccccc1C(C)(C)C.F[B-](F)(F)F. The van der Waals surface area contributed by atoms with Gasteiger partial charge in [-0.15, -0.1) is 0 Å². The van der Waals surface area contributed by atoms with Crippen molar-refractivity contribution < 1.29 is 17.3 Å². The Kier molecular flexibility index (Phi) is 9.21. The van der Waals surface area contributed by atoms with E-state index in [0.29, 0.717) is 0 Å². The molecule has 0 heterocycles. The Morgan fingerprint density at radius 3 is 0.833 bits per heavy atom. The molecule has 0 atom stereocenters. The van der Waals surface area contributed by atoms with Crippen molar-refractivity contribution in [1.82, 2.24) is 0 Å². The molecule has 3 rings (SSSR count). The van der Waals surface area contributed by atoms with Crippen LogP contribution in [0.25, 0.3) is 0 Å². The summed E-state index contributed by atoms with van der Waals surface area (Å²) in [4.78, 5) is 4.34. The molecule has 0 aliphatic rings. The summed E-state index contributed by atoms with van der Waals surface area (Å²) in [5.74, 6) is 0. The second-order valence-electron chi connectivity index (χ2n) is 12.0. The minimum absolute atomic E-state index is 0.0786. The molecule has 196 valence electrons. The van der Waals surface area contributed by atoms with E-state index in [4.69, 9.17) is 0 Å². The first kappa shape index (κ1) is 30.0. The van der Waals surface area contributed by atoms with E-state index in [1.54, 1.807) is 0 Å². The smallest absolute Gasteiger partial charge is 0.418 e. The van der Waals surface area contributed by atoms with Crippen molar-refractivity contribution in [2.45, 2.75) is 93.2 Å². The summed E-state index contributed by atoms with van der Waals surface area (Å²) in [5.41, 5.74) is 4.54. The Morgan fingerprint density at radius 1 is 0.444 bits per heavy atom. The first-order chi connectivity index (χ1) is 16.3. The molecular weight excluding hydrogens is 479 g/mol. The molecule has 0 amide bonds. The van der Waals surface area contributed by atoms with Gasteiger partial charge in [-0.3, -0.25) is 0 Å². The zero-order valence-corrected chi connectivity index (χ0v) is 23.7. The zero-order valence-electron chi connectivity index (χ0n) is 22.9. The van der Waals surface area contributed by atoms with E-state index in [0.717, 1.165) is 0 Å². The fourth-order valence-corrected chi connectivity index (χ4v) is 7.29. The minimum atomic E-state index is -6.00. The van der Waals surface area contributed by atoms with E-state index in [-0.39, 0.29) is 27.1 Å². The third kappa shape index (κ3) is 8.16. The highest BCUT2D eigenvalue weighted by atomic mass is 32.2. The van der Waals surface area contributed by atoms with Gasteiger partial charge in [0.2, 0.25) is 0 Å². The van der Waals surface area contributed by atoms with E-state index in [1.807, 2.05) is 0 Å². The molecule has 6 heteroatoms. The van der Waals surface area contributed by atoms with Crippen molar-refractivity contribution in [2.24, 2.45) is 0 Å². The van der Waals surface area contributed by atoms with Crippen LogP contribution in [0.3, 0.4) is 0 Å². The van der Waals surface area contributed by atoms with Gasteiger partial charge in [0, 0.05) is 16.7 Å². The first-order valence-corrected chi connectivity index (χ1v) is 13.4. The van der Waals surface area contributed by atoms with Crippen molar-refractivity contribution in [3.63, 3.8) is 0 Å². The van der Waals surface area contributed by atoms with Crippen molar-refractivity contribution >= 4 is 18.1 Å². The van der Waals surface area contributed by atoms with Gasteiger partial charge in [0.25, 0.3) is 0 Å². The molecule has 0 saturated heterocycles. The molecule has 36 heavy (non-hydrogen) atoms. The molecule has 0 bridgehead atoms. The van der Waals surface area contributed by atoms with E-state index in [2.05, 4.69) is 135 Å². The summed E-state index contributed by atoms with van der Waals surface area (Å²) in [6.45, 7) is 21.0. The zero-order chi connectivity index (χ0) is 27.5. The molecule has 0 spiro atoms.